The van der Waals surface area contributed by atoms with Gasteiger partial charge in [0.25, 0.3) is 0 Å². The summed E-state index contributed by atoms with van der Waals surface area (Å²) in [5.74, 6) is 0. The molecule has 4 nitrogen and oxygen atoms in total. The molecule has 0 spiro atoms. The van der Waals surface area contributed by atoms with Gasteiger partial charge in [-0.3, -0.25) is 0 Å². The van der Waals surface area contributed by atoms with Crippen molar-refractivity contribution in [3.63, 3.8) is 0 Å². The lowest BCUT2D eigenvalue weighted by Crippen LogP contribution is -2.43. The summed E-state index contributed by atoms with van der Waals surface area (Å²) in [4.78, 5) is 18.8. The van der Waals surface area contributed by atoms with Crippen LogP contribution in [0.4, 0.5) is 10.5 Å². The average Bonchev–Trinajstić information content (AvgIpc) is 3.14. The van der Waals surface area contributed by atoms with Crippen LogP contribution in [0.2, 0.25) is 5.02 Å². The molecule has 150 valence electrons. The predicted octanol–water partition coefficient (Wildman–Crippen LogP) is 6.31. The van der Waals surface area contributed by atoms with E-state index in [-0.39, 0.29) is 12.1 Å². The van der Waals surface area contributed by atoms with E-state index in [2.05, 4.69) is 59.7 Å². The summed E-state index contributed by atoms with van der Waals surface area (Å²) < 4.78 is 0. The summed E-state index contributed by atoms with van der Waals surface area (Å²) in [7, 11) is 0. The van der Waals surface area contributed by atoms with Crippen LogP contribution in [0.15, 0.2) is 72.8 Å². The van der Waals surface area contributed by atoms with Gasteiger partial charge >= 0.3 is 6.03 Å². The molecule has 0 aliphatic carbocycles. The normalized spacial score (nSPS) is 15.8. The van der Waals surface area contributed by atoms with Gasteiger partial charge in [0, 0.05) is 33.9 Å². The number of aromatic amines is 1. The van der Waals surface area contributed by atoms with Crippen LogP contribution in [-0.4, -0.2) is 22.5 Å². The molecule has 1 aliphatic heterocycles. The number of aromatic nitrogens is 1. The van der Waals surface area contributed by atoms with Crippen LogP contribution in [0.25, 0.3) is 10.9 Å². The number of nitrogens with one attached hydrogen (secondary N) is 2. The Morgan fingerprint density at radius 2 is 1.77 bits per heavy atom. The van der Waals surface area contributed by atoms with E-state index < -0.39 is 0 Å². The van der Waals surface area contributed by atoms with Gasteiger partial charge in [-0.05, 0) is 54.8 Å². The number of benzene rings is 3. The maximum absolute atomic E-state index is 13.3. The van der Waals surface area contributed by atoms with E-state index in [9.17, 15) is 4.79 Å². The molecule has 0 unspecified atom stereocenters. The lowest BCUT2D eigenvalue weighted by Gasteiger charge is -2.36. The minimum Gasteiger partial charge on any atom is -0.356 e. The van der Waals surface area contributed by atoms with Crippen molar-refractivity contribution in [2.24, 2.45) is 0 Å². The minimum absolute atomic E-state index is 0.118. The van der Waals surface area contributed by atoms with E-state index >= 15 is 0 Å². The van der Waals surface area contributed by atoms with Gasteiger partial charge < -0.3 is 15.2 Å². The SMILES string of the molecule is Cc1ccc([C@H]2c3[nH]c4ccccc4c3CCN2C(=O)Nc2ccc(Cl)cc2)cc1. The van der Waals surface area contributed by atoms with Crippen molar-refractivity contribution in [3.8, 4) is 0 Å². The highest BCUT2D eigenvalue weighted by Crippen LogP contribution is 2.38. The van der Waals surface area contributed by atoms with Crippen molar-refractivity contribution in [3.05, 3.63) is 100 Å². The number of rotatable bonds is 2. The lowest BCUT2D eigenvalue weighted by atomic mass is 9.92. The third kappa shape index (κ3) is 3.33. The molecule has 30 heavy (non-hydrogen) atoms. The molecule has 0 saturated carbocycles. The molecule has 2 heterocycles. The molecule has 0 fully saturated rings. The molecule has 1 atom stereocenters. The number of hydrogen-bond donors (Lipinski definition) is 2. The van der Waals surface area contributed by atoms with Crippen molar-refractivity contribution in [1.82, 2.24) is 9.88 Å². The molecule has 5 rings (SSSR count). The number of carbonyl (C=O) groups is 1. The number of fused-ring (bicyclic) bond motifs is 3. The Labute approximate surface area is 180 Å². The number of amides is 2. The van der Waals surface area contributed by atoms with Crippen LogP contribution in [0.5, 0.6) is 0 Å². The van der Waals surface area contributed by atoms with Crippen LogP contribution in [0.1, 0.15) is 28.4 Å². The third-order valence-corrected chi connectivity index (χ3v) is 6.04. The molecular weight excluding hydrogens is 394 g/mol. The quantitative estimate of drug-likeness (QED) is 0.396. The van der Waals surface area contributed by atoms with Gasteiger partial charge in [-0.2, -0.15) is 0 Å². The standard InChI is InChI=1S/C25H22ClN3O/c1-16-6-8-17(9-7-16)24-23-21(20-4-2-3-5-22(20)28-23)14-15-29(24)25(30)27-19-12-10-18(26)11-13-19/h2-13,24,28H,14-15H2,1H3,(H,27,30)/t24-/m0/s1. The molecule has 0 saturated heterocycles. The molecule has 1 aromatic heterocycles. The number of urea groups is 1. The molecule has 4 aromatic rings. The first-order valence-electron chi connectivity index (χ1n) is 10.1. The monoisotopic (exact) mass is 415 g/mol. The van der Waals surface area contributed by atoms with E-state index in [1.165, 1.54) is 16.5 Å². The summed E-state index contributed by atoms with van der Waals surface area (Å²) in [6.07, 6.45) is 0.815. The van der Waals surface area contributed by atoms with Crippen molar-refractivity contribution < 1.29 is 4.79 Å². The molecule has 5 heteroatoms. The lowest BCUT2D eigenvalue weighted by molar-refractivity contribution is 0.193. The summed E-state index contributed by atoms with van der Waals surface area (Å²) >= 11 is 5.98. The second-order valence-electron chi connectivity index (χ2n) is 7.76. The number of carbonyl (C=O) groups excluding carboxylic acids is 1. The maximum Gasteiger partial charge on any atom is 0.322 e. The molecule has 2 amide bonds. The summed E-state index contributed by atoms with van der Waals surface area (Å²) in [5, 5.41) is 4.91. The Morgan fingerprint density at radius 1 is 1.03 bits per heavy atom. The second kappa shape index (κ2) is 7.54. The molecule has 3 aromatic carbocycles. The van der Waals surface area contributed by atoms with Gasteiger partial charge in [0.1, 0.15) is 0 Å². The molecule has 0 bridgehead atoms. The second-order valence-corrected chi connectivity index (χ2v) is 8.19. The Balaban J connectivity index is 1.56. The number of hydrogen-bond acceptors (Lipinski definition) is 1. The summed E-state index contributed by atoms with van der Waals surface area (Å²) in [6.45, 7) is 2.72. The molecule has 0 radical (unpaired) electrons. The topological polar surface area (TPSA) is 48.1 Å². The Hall–Kier alpha value is -3.24. The van der Waals surface area contributed by atoms with Crippen molar-refractivity contribution in [2.45, 2.75) is 19.4 Å². The largest absolute Gasteiger partial charge is 0.356 e. The van der Waals surface area contributed by atoms with Gasteiger partial charge in [0.05, 0.1) is 6.04 Å². The first-order chi connectivity index (χ1) is 14.6. The van der Waals surface area contributed by atoms with Gasteiger partial charge in [-0.15, -0.1) is 0 Å². The van der Waals surface area contributed by atoms with Gasteiger partial charge in [-0.25, -0.2) is 4.79 Å². The third-order valence-electron chi connectivity index (χ3n) is 5.78. The Bertz CT molecular complexity index is 1210. The van der Waals surface area contributed by atoms with Crippen LogP contribution in [-0.2, 0) is 6.42 Å². The number of para-hydroxylation sites is 1. The van der Waals surface area contributed by atoms with E-state index in [4.69, 9.17) is 11.6 Å². The minimum atomic E-state index is -0.172. The zero-order chi connectivity index (χ0) is 20.7. The number of aryl methyl sites for hydroxylation is 1. The number of halogens is 1. The summed E-state index contributed by atoms with van der Waals surface area (Å²) in [5.41, 5.74) is 6.53. The first kappa shape index (κ1) is 18.8. The van der Waals surface area contributed by atoms with Crippen molar-refractivity contribution in [1.29, 1.82) is 0 Å². The zero-order valence-corrected chi connectivity index (χ0v) is 17.4. The van der Waals surface area contributed by atoms with E-state index in [0.29, 0.717) is 11.6 Å². The van der Waals surface area contributed by atoms with Crippen LogP contribution < -0.4 is 5.32 Å². The fraction of sp³-hybridized carbons (Fsp3) is 0.160. The Kier molecular flexibility index (Phi) is 4.72. The van der Waals surface area contributed by atoms with Gasteiger partial charge in [0.15, 0.2) is 0 Å². The van der Waals surface area contributed by atoms with E-state index in [1.54, 1.807) is 12.1 Å². The van der Waals surface area contributed by atoms with Crippen molar-refractivity contribution >= 4 is 34.2 Å². The van der Waals surface area contributed by atoms with Crippen LogP contribution in [0.3, 0.4) is 0 Å². The smallest absolute Gasteiger partial charge is 0.322 e. The van der Waals surface area contributed by atoms with E-state index in [1.807, 2.05) is 23.1 Å². The van der Waals surface area contributed by atoms with Crippen molar-refractivity contribution in [2.75, 3.05) is 11.9 Å². The highest BCUT2D eigenvalue weighted by molar-refractivity contribution is 6.30. The maximum atomic E-state index is 13.3. The van der Waals surface area contributed by atoms with Gasteiger partial charge in [-0.1, -0.05) is 59.6 Å². The highest BCUT2D eigenvalue weighted by Gasteiger charge is 2.34. The average molecular weight is 416 g/mol. The first-order valence-corrected chi connectivity index (χ1v) is 10.5. The fourth-order valence-corrected chi connectivity index (χ4v) is 4.41. The highest BCUT2D eigenvalue weighted by atomic mass is 35.5. The number of anilines is 1. The molecular formula is C25H22ClN3O. The molecule has 2 N–H and O–H groups in total. The number of H-pyrrole nitrogens is 1. The van der Waals surface area contributed by atoms with Gasteiger partial charge in [0.2, 0.25) is 0 Å². The molecule has 1 aliphatic rings. The fourth-order valence-electron chi connectivity index (χ4n) is 4.28. The predicted molar refractivity (Wildman–Crippen MR) is 122 cm³/mol. The van der Waals surface area contributed by atoms with Crippen LogP contribution in [0, 0.1) is 6.92 Å². The Morgan fingerprint density at radius 3 is 2.53 bits per heavy atom. The number of nitrogens with zero attached hydrogens (tertiary/aromatic N) is 1. The summed E-state index contributed by atoms with van der Waals surface area (Å²) in [6, 6.07) is 23.7. The van der Waals surface area contributed by atoms with Crippen LogP contribution >= 0.6 is 11.6 Å². The van der Waals surface area contributed by atoms with E-state index in [0.717, 1.165) is 28.9 Å². The zero-order valence-electron chi connectivity index (χ0n) is 16.7.